The van der Waals surface area contributed by atoms with Gasteiger partial charge in [0.25, 0.3) is 0 Å². The summed E-state index contributed by atoms with van der Waals surface area (Å²) in [5.41, 5.74) is 5.72. The molecule has 0 heterocycles. The van der Waals surface area contributed by atoms with Crippen molar-refractivity contribution in [3.63, 3.8) is 0 Å². The molecule has 0 saturated carbocycles. The van der Waals surface area contributed by atoms with E-state index in [9.17, 15) is 4.79 Å². The van der Waals surface area contributed by atoms with Gasteiger partial charge in [-0.25, -0.2) is 4.79 Å². The number of hydrogen-bond donors (Lipinski definition) is 1. The maximum Gasteiger partial charge on any atom is 0.407 e. The topological polar surface area (TPSA) is 38.3 Å². The number of alkyl carbamates (subject to hydrolysis) is 1. The molecule has 0 aliphatic heterocycles. The number of rotatable bonds is 3. The summed E-state index contributed by atoms with van der Waals surface area (Å²) >= 11 is 3.41. The monoisotopic (exact) mass is 431 g/mol. The van der Waals surface area contributed by atoms with Crippen molar-refractivity contribution in [3.05, 3.63) is 94.0 Å². The summed E-state index contributed by atoms with van der Waals surface area (Å²) in [7, 11) is 0. The smallest absolute Gasteiger partial charge is 0.407 e. The Balaban J connectivity index is 1.35. The van der Waals surface area contributed by atoms with E-state index in [4.69, 9.17) is 4.74 Å². The molecule has 138 valence electrons. The minimum Gasteiger partial charge on any atom is -0.449 e. The van der Waals surface area contributed by atoms with Crippen molar-refractivity contribution in [1.82, 2.24) is 5.32 Å². The maximum atomic E-state index is 12.1. The molecule has 4 heteroatoms. The summed E-state index contributed by atoms with van der Waals surface area (Å²) in [6.45, 7) is 0.544. The summed E-state index contributed by atoms with van der Waals surface area (Å²) in [6.07, 6.45) is -0.453. The van der Waals surface area contributed by atoms with Gasteiger partial charge in [-0.2, -0.15) is 0 Å². The van der Waals surface area contributed by atoms with Gasteiger partial charge in [0.05, 0.1) is 6.54 Å². The van der Waals surface area contributed by atoms with Crippen molar-refractivity contribution in [1.29, 1.82) is 0 Å². The van der Waals surface area contributed by atoms with Gasteiger partial charge < -0.3 is 10.1 Å². The number of carbonyl (C=O) groups is 1. The Labute approximate surface area is 172 Å². The van der Waals surface area contributed by atoms with Crippen molar-refractivity contribution in [3.8, 4) is 23.0 Å². The molecule has 0 unspecified atom stereocenters. The van der Waals surface area contributed by atoms with Crippen LogP contribution in [0.3, 0.4) is 0 Å². The lowest BCUT2D eigenvalue weighted by molar-refractivity contribution is 0.144. The first-order chi connectivity index (χ1) is 13.7. The highest BCUT2D eigenvalue weighted by atomic mass is 79.9. The summed E-state index contributed by atoms with van der Waals surface area (Å²) in [5.74, 6) is 6.01. The molecule has 1 N–H and O–H groups in total. The van der Waals surface area contributed by atoms with Gasteiger partial charge in [-0.3, -0.25) is 0 Å². The molecule has 3 nitrogen and oxygen atoms in total. The van der Waals surface area contributed by atoms with E-state index in [1.54, 1.807) is 0 Å². The van der Waals surface area contributed by atoms with E-state index < -0.39 is 6.09 Å². The van der Waals surface area contributed by atoms with Crippen LogP contribution in [0.25, 0.3) is 11.1 Å². The van der Waals surface area contributed by atoms with Crippen molar-refractivity contribution >= 4 is 22.0 Å². The number of ether oxygens (including phenoxy) is 1. The number of carbonyl (C=O) groups excluding carboxylic acids is 1. The van der Waals surface area contributed by atoms with E-state index in [-0.39, 0.29) is 12.5 Å². The van der Waals surface area contributed by atoms with Crippen LogP contribution in [0.15, 0.2) is 77.3 Å². The van der Waals surface area contributed by atoms with E-state index in [0.29, 0.717) is 6.61 Å². The molecule has 1 amide bonds. The summed E-state index contributed by atoms with van der Waals surface area (Å²) < 4.78 is 6.46. The van der Waals surface area contributed by atoms with Crippen molar-refractivity contribution in [2.75, 3.05) is 13.2 Å². The second-order valence-corrected chi connectivity index (χ2v) is 7.41. The minimum atomic E-state index is -0.453. The summed E-state index contributed by atoms with van der Waals surface area (Å²) in [4.78, 5) is 12.1. The molecule has 0 atom stereocenters. The van der Waals surface area contributed by atoms with Crippen LogP contribution in [0.4, 0.5) is 4.79 Å². The van der Waals surface area contributed by atoms with Gasteiger partial charge in [-0.1, -0.05) is 82.4 Å². The highest BCUT2D eigenvalue weighted by molar-refractivity contribution is 9.10. The van der Waals surface area contributed by atoms with Gasteiger partial charge in [-0.05, 0) is 40.5 Å². The number of amides is 1. The van der Waals surface area contributed by atoms with Crippen LogP contribution in [-0.4, -0.2) is 19.2 Å². The minimum absolute atomic E-state index is 0.0610. The van der Waals surface area contributed by atoms with Crippen LogP contribution in [0.2, 0.25) is 0 Å². The predicted octanol–water partition coefficient (Wildman–Crippen LogP) is 5.34. The zero-order chi connectivity index (χ0) is 19.3. The van der Waals surface area contributed by atoms with Gasteiger partial charge >= 0.3 is 6.09 Å². The van der Waals surface area contributed by atoms with E-state index in [1.807, 2.05) is 48.5 Å². The Morgan fingerprint density at radius 3 is 2.32 bits per heavy atom. The molecule has 1 aliphatic carbocycles. The third-order valence-electron chi connectivity index (χ3n) is 4.72. The molecule has 4 rings (SSSR count). The standard InChI is InChI=1S/C24H18BrNO2/c25-18-9-5-7-17(15-18)8-6-14-26-24(27)28-16-23-21-12-3-1-10-19(21)20-11-2-4-13-22(20)23/h1-5,7,9-13,15,23H,14,16H2,(H,26,27). The van der Waals surface area contributed by atoms with E-state index >= 15 is 0 Å². The third kappa shape index (κ3) is 3.95. The van der Waals surface area contributed by atoms with Crippen LogP contribution >= 0.6 is 15.9 Å². The molecule has 0 bridgehead atoms. The number of halogens is 1. The fourth-order valence-corrected chi connectivity index (χ4v) is 3.88. The molecule has 0 aromatic heterocycles. The summed E-state index contributed by atoms with van der Waals surface area (Å²) in [5, 5.41) is 2.69. The Morgan fingerprint density at radius 2 is 1.64 bits per heavy atom. The Hall–Kier alpha value is -3.03. The number of fused-ring (bicyclic) bond motifs is 3. The molecule has 3 aromatic carbocycles. The number of hydrogen-bond acceptors (Lipinski definition) is 2. The van der Waals surface area contributed by atoms with Gasteiger partial charge in [0.15, 0.2) is 0 Å². The first-order valence-corrected chi connectivity index (χ1v) is 9.85. The fourth-order valence-electron chi connectivity index (χ4n) is 3.48. The second kappa shape index (κ2) is 8.33. The number of nitrogens with one attached hydrogen (secondary N) is 1. The number of benzene rings is 3. The molecule has 1 aliphatic rings. The lowest BCUT2D eigenvalue weighted by Gasteiger charge is -2.14. The SMILES string of the molecule is O=C(NCC#Cc1cccc(Br)c1)OCC1c2ccccc2-c2ccccc21. The third-order valence-corrected chi connectivity index (χ3v) is 5.22. The van der Waals surface area contributed by atoms with E-state index in [1.165, 1.54) is 22.3 Å². The van der Waals surface area contributed by atoms with Gasteiger partial charge in [0.1, 0.15) is 6.61 Å². The molecular formula is C24H18BrNO2. The Bertz CT molecular complexity index is 1040. The Morgan fingerprint density at radius 1 is 0.964 bits per heavy atom. The molecule has 0 radical (unpaired) electrons. The molecule has 0 saturated heterocycles. The molecule has 0 spiro atoms. The zero-order valence-electron chi connectivity index (χ0n) is 15.1. The van der Waals surface area contributed by atoms with Crippen molar-refractivity contribution in [2.24, 2.45) is 0 Å². The quantitative estimate of drug-likeness (QED) is 0.568. The lowest BCUT2D eigenvalue weighted by atomic mass is 9.98. The van der Waals surface area contributed by atoms with Crippen molar-refractivity contribution < 1.29 is 9.53 Å². The van der Waals surface area contributed by atoms with Crippen LogP contribution in [0.5, 0.6) is 0 Å². The van der Waals surface area contributed by atoms with Gasteiger partial charge in [-0.15, -0.1) is 0 Å². The van der Waals surface area contributed by atoms with Crippen molar-refractivity contribution in [2.45, 2.75) is 5.92 Å². The van der Waals surface area contributed by atoms with E-state index in [0.717, 1.165) is 10.0 Å². The molecule has 28 heavy (non-hydrogen) atoms. The highest BCUT2D eigenvalue weighted by Gasteiger charge is 2.28. The van der Waals surface area contributed by atoms with Gasteiger partial charge in [0.2, 0.25) is 0 Å². The maximum absolute atomic E-state index is 12.1. The van der Waals surface area contributed by atoms with Crippen LogP contribution in [0, 0.1) is 11.8 Å². The highest BCUT2D eigenvalue weighted by Crippen LogP contribution is 2.44. The summed E-state index contributed by atoms with van der Waals surface area (Å²) in [6, 6.07) is 24.3. The predicted molar refractivity (Wildman–Crippen MR) is 114 cm³/mol. The van der Waals surface area contributed by atoms with Crippen LogP contribution < -0.4 is 5.32 Å². The van der Waals surface area contributed by atoms with Crippen LogP contribution in [-0.2, 0) is 4.74 Å². The normalized spacial score (nSPS) is 11.8. The van der Waals surface area contributed by atoms with Gasteiger partial charge in [0, 0.05) is 16.0 Å². The lowest BCUT2D eigenvalue weighted by Crippen LogP contribution is -2.26. The first kappa shape index (κ1) is 18.3. The first-order valence-electron chi connectivity index (χ1n) is 9.05. The average molecular weight is 432 g/mol. The Kier molecular flexibility index (Phi) is 5.45. The molecular weight excluding hydrogens is 414 g/mol. The molecule has 0 fully saturated rings. The molecule has 3 aromatic rings. The average Bonchev–Trinajstić information content (AvgIpc) is 3.04. The second-order valence-electron chi connectivity index (χ2n) is 6.49. The largest absolute Gasteiger partial charge is 0.449 e. The van der Waals surface area contributed by atoms with E-state index in [2.05, 4.69) is 57.4 Å². The zero-order valence-corrected chi connectivity index (χ0v) is 16.7. The van der Waals surface area contributed by atoms with Crippen LogP contribution in [0.1, 0.15) is 22.6 Å². The fraction of sp³-hybridized carbons (Fsp3) is 0.125.